The zero-order chi connectivity index (χ0) is 11.9. The molecule has 0 aliphatic carbocycles. The maximum absolute atomic E-state index is 11.7. The van der Waals surface area contributed by atoms with E-state index in [4.69, 9.17) is 0 Å². The topological polar surface area (TPSA) is 57.8 Å². The Balaban J connectivity index is 1.60. The van der Waals surface area contributed by atoms with Gasteiger partial charge >= 0.3 is 0 Å². The maximum Gasteiger partial charge on any atom is 0.220 e. The molecule has 2 N–H and O–H groups in total. The zero-order valence-corrected chi connectivity index (χ0v) is 10.8. The number of aromatic nitrogens is 2. The Hall–Kier alpha value is -0.970. The Labute approximate surface area is 106 Å². The van der Waals surface area contributed by atoms with Crippen molar-refractivity contribution in [3.05, 3.63) is 18.2 Å². The number of hydrogen-bond acceptors (Lipinski definition) is 3. The number of carbonyl (C=O) groups excluding carboxylic acids is 1. The van der Waals surface area contributed by atoms with Gasteiger partial charge in [0.15, 0.2) is 0 Å². The van der Waals surface area contributed by atoms with Crippen LogP contribution in [0.2, 0.25) is 0 Å². The van der Waals surface area contributed by atoms with Gasteiger partial charge in [0.2, 0.25) is 5.91 Å². The molecule has 1 aromatic heterocycles. The molecule has 4 nitrogen and oxygen atoms in total. The molecule has 1 aliphatic rings. The summed E-state index contributed by atoms with van der Waals surface area (Å²) in [5.41, 5.74) is 0. The van der Waals surface area contributed by atoms with Crippen molar-refractivity contribution in [1.29, 1.82) is 0 Å². The molecule has 5 heteroatoms. The van der Waals surface area contributed by atoms with Gasteiger partial charge in [0.25, 0.3) is 0 Å². The largest absolute Gasteiger partial charge is 0.356 e. The van der Waals surface area contributed by atoms with Crippen LogP contribution in [0.1, 0.15) is 25.1 Å². The smallest absolute Gasteiger partial charge is 0.220 e. The molecule has 0 radical (unpaired) electrons. The summed E-state index contributed by atoms with van der Waals surface area (Å²) >= 11 is 2.00. The van der Waals surface area contributed by atoms with Gasteiger partial charge in [-0.15, -0.1) is 0 Å². The van der Waals surface area contributed by atoms with E-state index in [0.717, 1.165) is 12.2 Å². The first-order valence-electron chi connectivity index (χ1n) is 6.17. The van der Waals surface area contributed by atoms with Crippen LogP contribution in [0.3, 0.4) is 0 Å². The van der Waals surface area contributed by atoms with Crippen molar-refractivity contribution in [1.82, 2.24) is 15.3 Å². The summed E-state index contributed by atoms with van der Waals surface area (Å²) in [5, 5.41) is 2.96. The highest BCUT2D eigenvalue weighted by Gasteiger charge is 2.16. The molecule has 1 aliphatic heterocycles. The van der Waals surface area contributed by atoms with E-state index < -0.39 is 0 Å². The van der Waals surface area contributed by atoms with Crippen LogP contribution in [0.5, 0.6) is 0 Å². The second-order valence-electron chi connectivity index (χ2n) is 4.40. The lowest BCUT2D eigenvalue weighted by Gasteiger charge is -2.20. The molecule has 1 aromatic rings. The highest BCUT2D eigenvalue weighted by Crippen LogP contribution is 2.24. The lowest BCUT2D eigenvalue weighted by Crippen LogP contribution is -2.28. The fraction of sp³-hybridized carbons (Fsp3) is 0.667. The minimum absolute atomic E-state index is 0.188. The summed E-state index contributed by atoms with van der Waals surface area (Å²) in [4.78, 5) is 18.8. The van der Waals surface area contributed by atoms with E-state index in [1.165, 1.54) is 24.3 Å². The number of amides is 1. The molecule has 0 saturated carbocycles. The Kier molecular flexibility index (Phi) is 4.91. The van der Waals surface area contributed by atoms with Crippen molar-refractivity contribution < 1.29 is 4.79 Å². The van der Waals surface area contributed by atoms with Gasteiger partial charge < -0.3 is 10.3 Å². The van der Waals surface area contributed by atoms with E-state index in [0.29, 0.717) is 18.9 Å². The first kappa shape index (κ1) is 12.5. The molecule has 2 rings (SSSR count). The molecule has 0 atom stereocenters. The highest BCUT2D eigenvalue weighted by molar-refractivity contribution is 7.99. The van der Waals surface area contributed by atoms with E-state index in [1.54, 1.807) is 12.4 Å². The van der Waals surface area contributed by atoms with Crippen molar-refractivity contribution in [2.45, 2.75) is 25.7 Å². The van der Waals surface area contributed by atoms with Gasteiger partial charge in [-0.2, -0.15) is 11.8 Å². The number of hydrogen-bond donors (Lipinski definition) is 2. The number of H-pyrrole nitrogens is 1. The van der Waals surface area contributed by atoms with Gasteiger partial charge in [-0.1, -0.05) is 0 Å². The molecule has 0 spiro atoms. The summed E-state index contributed by atoms with van der Waals surface area (Å²) in [6, 6.07) is 0. The van der Waals surface area contributed by atoms with Crippen molar-refractivity contribution in [3.8, 4) is 0 Å². The van der Waals surface area contributed by atoms with Crippen LogP contribution in [-0.4, -0.2) is 33.9 Å². The minimum atomic E-state index is 0.188. The van der Waals surface area contributed by atoms with E-state index >= 15 is 0 Å². The molecule has 1 saturated heterocycles. The molecule has 2 heterocycles. The van der Waals surface area contributed by atoms with Crippen LogP contribution >= 0.6 is 11.8 Å². The van der Waals surface area contributed by atoms with Crippen molar-refractivity contribution in [2.24, 2.45) is 5.92 Å². The van der Waals surface area contributed by atoms with Gasteiger partial charge in [-0.25, -0.2) is 4.98 Å². The zero-order valence-electron chi connectivity index (χ0n) is 9.95. The first-order valence-corrected chi connectivity index (χ1v) is 7.33. The minimum Gasteiger partial charge on any atom is -0.356 e. The van der Waals surface area contributed by atoms with Crippen LogP contribution < -0.4 is 5.32 Å². The lowest BCUT2D eigenvalue weighted by molar-refractivity contribution is -0.122. The van der Waals surface area contributed by atoms with E-state index in [1.807, 2.05) is 11.8 Å². The van der Waals surface area contributed by atoms with Gasteiger partial charge in [-0.05, 0) is 30.3 Å². The van der Waals surface area contributed by atoms with Crippen LogP contribution in [0.15, 0.2) is 12.4 Å². The number of carbonyl (C=O) groups is 1. The lowest BCUT2D eigenvalue weighted by atomic mass is 9.98. The summed E-state index contributed by atoms with van der Waals surface area (Å²) in [7, 11) is 0. The van der Waals surface area contributed by atoms with Crippen LogP contribution in [0.25, 0.3) is 0 Å². The number of thioether (sulfide) groups is 1. The molecule has 0 bridgehead atoms. The van der Waals surface area contributed by atoms with Gasteiger partial charge in [0.05, 0.1) is 0 Å². The quantitative estimate of drug-likeness (QED) is 0.838. The Morgan fingerprint density at radius 2 is 2.35 bits per heavy atom. The SMILES string of the molecule is O=C(CC1CCSCC1)NCCc1ncc[nH]1. The Morgan fingerprint density at radius 1 is 1.53 bits per heavy atom. The fourth-order valence-electron chi connectivity index (χ4n) is 2.04. The third-order valence-corrected chi connectivity index (χ3v) is 4.10. The van der Waals surface area contributed by atoms with Crippen LogP contribution in [-0.2, 0) is 11.2 Å². The van der Waals surface area contributed by atoms with Crippen LogP contribution in [0.4, 0.5) is 0 Å². The molecular weight excluding hydrogens is 234 g/mol. The molecular formula is C12H19N3OS. The second-order valence-corrected chi connectivity index (χ2v) is 5.62. The van der Waals surface area contributed by atoms with Crippen molar-refractivity contribution >= 4 is 17.7 Å². The summed E-state index contributed by atoms with van der Waals surface area (Å²) in [5.74, 6) is 4.14. The number of rotatable bonds is 5. The average molecular weight is 253 g/mol. The molecule has 94 valence electrons. The third kappa shape index (κ3) is 4.42. The monoisotopic (exact) mass is 253 g/mol. The van der Waals surface area contributed by atoms with Crippen molar-refractivity contribution in [3.63, 3.8) is 0 Å². The predicted molar refractivity (Wildman–Crippen MR) is 70.0 cm³/mol. The molecule has 17 heavy (non-hydrogen) atoms. The summed E-state index contributed by atoms with van der Waals surface area (Å²) in [6.07, 6.45) is 7.39. The molecule has 1 fully saturated rings. The number of nitrogens with one attached hydrogen (secondary N) is 2. The number of imidazole rings is 1. The van der Waals surface area contributed by atoms with Crippen LogP contribution in [0, 0.1) is 5.92 Å². The second kappa shape index (κ2) is 6.69. The maximum atomic E-state index is 11.7. The number of nitrogens with zero attached hydrogens (tertiary/aromatic N) is 1. The predicted octanol–water partition coefficient (Wildman–Crippen LogP) is 1.60. The average Bonchev–Trinajstić information content (AvgIpc) is 2.83. The van der Waals surface area contributed by atoms with E-state index in [-0.39, 0.29) is 5.91 Å². The normalized spacial score (nSPS) is 16.9. The molecule has 0 unspecified atom stereocenters. The fourth-order valence-corrected chi connectivity index (χ4v) is 3.24. The third-order valence-electron chi connectivity index (χ3n) is 3.05. The van der Waals surface area contributed by atoms with E-state index in [9.17, 15) is 4.79 Å². The van der Waals surface area contributed by atoms with Crippen molar-refractivity contribution in [2.75, 3.05) is 18.1 Å². The van der Waals surface area contributed by atoms with Gasteiger partial charge in [0, 0.05) is 31.8 Å². The molecule has 0 aromatic carbocycles. The molecule has 1 amide bonds. The van der Waals surface area contributed by atoms with Gasteiger partial charge in [-0.3, -0.25) is 4.79 Å². The standard InChI is InChI=1S/C12H19N3OS/c16-12(9-10-2-7-17-8-3-10)15-4-1-11-13-5-6-14-11/h5-6,10H,1-4,7-9H2,(H,13,14)(H,15,16). The Bertz CT molecular complexity index is 334. The summed E-state index contributed by atoms with van der Waals surface area (Å²) in [6.45, 7) is 0.674. The first-order chi connectivity index (χ1) is 8.34. The number of aromatic amines is 1. The Morgan fingerprint density at radius 3 is 3.06 bits per heavy atom. The van der Waals surface area contributed by atoms with E-state index in [2.05, 4.69) is 15.3 Å². The summed E-state index contributed by atoms with van der Waals surface area (Å²) < 4.78 is 0. The highest BCUT2D eigenvalue weighted by atomic mass is 32.2. The van der Waals surface area contributed by atoms with Gasteiger partial charge in [0.1, 0.15) is 5.82 Å².